The van der Waals surface area contributed by atoms with Gasteiger partial charge in [-0.1, -0.05) is 25.1 Å². The maximum atomic E-state index is 13.2. The summed E-state index contributed by atoms with van der Waals surface area (Å²) in [5.41, 5.74) is 1.51. The van der Waals surface area contributed by atoms with Crippen molar-refractivity contribution in [3.05, 3.63) is 54.2 Å². The van der Waals surface area contributed by atoms with E-state index >= 15 is 0 Å². The second-order valence-corrected chi connectivity index (χ2v) is 6.39. The van der Waals surface area contributed by atoms with Crippen LogP contribution in [0.3, 0.4) is 0 Å². The van der Waals surface area contributed by atoms with Gasteiger partial charge in [0.2, 0.25) is 0 Å². The van der Waals surface area contributed by atoms with E-state index in [1.54, 1.807) is 6.20 Å². The van der Waals surface area contributed by atoms with Crippen LogP contribution < -0.4 is 9.47 Å². The number of para-hydroxylation sites is 2. The zero-order chi connectivity index (χ0) is 17.9. The Labute approximate surface area is 151 Å². The number of aromatic amines is 1. The van der Waals surface area contributed by atoms with E-state index in [1.807, 2.05) is 47.4 Å². The van der Waals surface area contributed by atoms with Crippen molar-refractivity contribution in [2.24, 2.45) is 0 Å². The van der Waals surface area contributed by atoms with Gasteiger partial charge in [0.1, 0.15) is 6.61 Å². The molecule has 1 aliphatic heterocycles. The summed E-state index contributed by atoms with van der Waals surface area (Å²) in [5.74, 6) is 1.46. The molecule has 0 aliphatic carbocycles. The molecule has 0 fully saturated rings. The van der Waals surface area contributed by atoms with Crippen molar-refractivity contribution < 1.29 is 14.3 Å². The maximum absolute atomic E-state index is 13.2. The molecule has 3 aromatic rings. The molecule has 2 aromatic carbocycles. The van der Waals surface area contributed by atoms with Gasteiger partial charge in [-0.15, -0.1) is 0 Å². The molecular weight excluding hydrogens is 330 g/mol. The molecule has 0 unspecified atom stereocenters. The van der Waals surface area contributed by atoms with E-state index in [-0.39, 0.29) is 12.0 Å². The standard InChI is InChI=1S/C20H21N3O3/c1-2-10-23(12-14-13-25-18-8-3-4-9-19(18)26-14)20(24)15-6-5-7-17-16(15)11-21-22-17/h3-9,11,14H,2,10,12-13H2,1H3,(H,21,22)/t14-/m0/s1. The van der Waals surface area contributed by atoms with Crippen molar-refractivity contribution in [3.8, 4) is 11.5 Å². The largest absolute Gasteiger partial charge is 0.486 e. The Balaban J connectivity index is 1.54. The molecule has 134 valence electrons. The third-order valence-electron chi connectivity index (χ3n) is 4.49. The molecule has 4 rings (SSSR count). The predicted octanol–water partition coefficient (Wildman–Crippen LogP) is 3.26. The highest BCUT2D eigenvalue weighted by atomic mass is 16.6. The maximum Gasteiger partial charge on any atom is 0.254 e. The zero-order valence-corrected chi connectivity index (χ0v) is 14.6. The topological polar surface area (TPSA) is 67.5 Å². The minimum absolute atomic E-state index is 0.0127. The second-order valence-electron chi connectivity index (χ2n) is 6.39. The van der Waals surface area contributed by atoms with Gasteiger partial charge in [-0.2, -0.15) is 5.10 Å². The van der Waals surface area contributed by atoms with Crippen LogP contribution in [0.25, 0.3) is 10.9 Å². The molecular formula is C20H21N3O3. The van der Waals surface area contributed by atoms with Crippen molar-refractivity contribution in [1.82, 2.24) is 15.1 Å². The third-order valence-corrected chi connectivity index (χ3v) is 4.49. The average molecular weight is 351 g/mol. The van der Waals surface area contributed by atoms with E-state index in [1.165, 1.54) is 0 Å². The smallest absolute Gasteiger partial charge is 0.254 e. The summed E-state index contributed by atoms with van der Waals surface area (Å²) < 4.78 is 11.8. The van der Waals surface area contributed by atoms with Crippen molar-refractivity contribution in [3.63, 3.8) is 0 Å². The van der Waals surface area contributed by atoms with Crippen LogP contribution in [-0.4, -0.2) is 46.8 Å². The number of carbonyl (C=O) groups excluding carboxylic acids is 1. The quantitative estimate of drug-likeness (QED) is 0.766. The summed E-state index contributed by atoms with van der Waals surface area (Å²) in [6.45, 7) is 3.64. The Morgan fingerprint density at radius 3 is 2.92 bits per heavy atom. The number of ether oxygens (including phenoxy) is 2. The Morgan fingerprint density at radius 2 is 2.08 bits per heavy atom. The first-order valence-corrected chi connectivity index (χ1v) is 8.86. The summed E-state index contributed by atoms with van der Waals surface area (Å²) in [6, 6.07) is 13.2. The van der Waals surface area contributed by atoms with Crippen LogP contribution in [0.5, 0.6) is 11.5 Å². The van der Waals surface area contributed by atoms with Crippen LogP contribution in [0.2, 0.25) is 0 Å². The van der Waals surface area contributed by atoms with E-state index in [4.69, 9.17) is 9.47 Å². The van der Waals surface area contributed by atoms with Gasteiger partial charge in [-0.05, 0) is 30.7 Å². The second kappa shape index (κ2) is 7.07. The number of rotatable bonds is 5. The number of nitrogens with one attached hydrogen (secondary N) is 1. The summed E-state index contributed by atoms with van der Waals surface area (Å²) in [7, 11) is 0. The zero-order valence-electron chi connectivity index (χ0n) is 14.6. The molecule has 0 saturated heterocycles. The molecule has 0 radical (unpaired) electrons. The fourth-order valence-corrected chi connectivity index (χ4v) is 3.27. The average Bonchev–Trinajstić information content (AvgIpc) is 3.16. The molecule has 6 nitrogen and oxygen atoms in total. The Bertz CT molecular complexity index is 921. The fourth-order valence-electron chi connectivity index (χ4n) is 3.27. The molecule has 1 aromatic heterocycles. The number of nitrogens with zero attached hydrogens (tertiary/aromatic N) is 2. The van der Waals surface area contributed by atoms with E-state index < -0.39 is 0 Å². The molecule has 1 N–H and O–H groups in total. The molecule has 1 amide bonds. The first-order valence-electron chi connectivity index (χ1n) is 8.86. The first kappa shape index (κ1) is 16.4. The molecule has 0 saturated carbocycles. The fraction of sp³-hybridized carbons (Fsp3) is 0.300. The molecule has 26 heavy (non-hydrogen) atoms. The lowest BCUT2D eigenvalue weighted by Crippen LogP contribution is -2.44. The number of aromatic nitrogens is 2. The Hall–Kier alpha value is -3.02. The van der Waals surface area contributed by atoms with Gasteiger partial charge in [0, 0.05) is 11.9 Å². The number of H-pyrrole nitrogens is 1. The van der Waals surface area contributed by atoms with Gasteiger partial charge in [0.15, 0.2) is 17.6 Å². The molecule has 2 heterocycles. The summed E-state index contributed by atoms with van der Waals surface area (Å²) >= 11 is 0. The van der Waals surface area contributed by atoms with Gasteiger partial charge >= 0.3 is 0 Å². The highest BCUT2D eigenvalue weighted by molar-refractivity contribution is 6.06. The summed E-state index contributed by atoms with van der Waals surface area (Å²) in [6.07, 6.45) is 2.38. The number of fused-ring (bicyclic) bond motifs is 2. The van der Waals surface area contributed by atoms with Crippen LogP contribution in [0.15, 0.2) is 48.7 Å². The minimum atomic E-state index is -0.191. The molecule has 1 atom stereocenters. The van der Waals surface area contributed by atoms with Gasteiger partial charge in [-0.3, -0.25) is 9.89 Å². The lowest BCUT2D eigenvalue weighted by Gasteiger charge is -2.31. The molecule has 6 heteroatoms. The SMILES string of the molecule is CCCN(C[C@H]1COc2ccccc2O1)C(=O)c1cccc2[nH]ncc12. The number of carbonyl (C=O) groups is 1. The third kappa shape index (κ3) is 3.10. The van der Waals surface area contributed by atoms with Crippen LogP contribution >= 0.6 is 0 Å². The normalized spacial score (nSPS) is 15.8. The molecule has 0 spiro atoms. The van der Waals surface area contributed by atoms with Crippen LogP contribution in [0.4, 0.5) is 0 Å². The van der Waals surface area contributed by atoms with E-state index in [2.05, 4.69) is 17.1 Å². The highest BCUT2D eigenvalue weighted by Crippen LogP contribution is 2.31. The molecule has 0 bridgehead atoms. The van der Waals surface area contributed by atoms with Crippen molar-refractivity contribution in [1.29, 1.82) is 0 Å². The number of benzene rings is 2. The number of amides is 1. The predicted molar refractivity (Wildman–Crippen MR) is 98.6 cm³/mol. The van der Waals surface area contributed by atoms with Crippen LogP contribution in [-0.2, 0) is 0 Å². The molecule has 1 aliphatic rings. The van der Waals surface area contributed by atoms with Crippen molar-refractivity contribution >= 4 is 16.8 Å². The summed E-state index contributed by atoms with van der Waals surface area (Å²) in [5, 5.41) is 7.80. The van der Waals surface area contributed by atoms with Gasteiger partial charge in [0.25, 0.3) is 5.91 Å². The van der Waals surface area contributed by atoms with Crippen molar-refractivity contribution in [2.75, 3.05) is 19.7 Å². The monoisotopic (exact) mass is 351 g/mol. The lowest BCUT2D eigenvalue weighted by molar-refractivity contribution is 0.0464. The van der Waals surface area contributed by atoms with Crippen molar-refractivity contribution in [2.45, 2.75) is 19.4 Å². The van der Waals surface area contributed by atoms with Gasteiger partial charge < -0.3 is 14.4 Å². The Kier molecular flexibility index (Phi) is 4.48. The van der Waals surface area contributed by atoms with Crippen LogP contribution in [0.1, 0.15) is 23.7 Å². The number of hydrogen-bond acceptors (Lipinski definition) is 4. The van der Waals surface area contributed by atoms with E-state index in [0.717, 1.165) is 28.8 Å². The lowest BCUT2D eigenvalue weighted by atomic mass is 10.1. The van der Waals surface area contributed by atoms with Gasteiger partial charge in [0.05, 0.1) is 23.8 Å². The van der Waals surface area contributed by atoms with Gasteiger partial charge in [-0.25, -0.2) is 0 Å². The number of hydrogen-bond donors (Lipinski definition) is 1. The Morgan fingerprint density at radius 1 is 1.23 bits per heavy atom. The van der Waals surface area contributed by atoms with E-state index in [9.17, 15) is 4.79 Å². The van der Waals surface area contributed by atoms with E-state index in [0.29, 0.717) is 25.3 Å². The van der Waals surface area contributed by atoms with Crippen LogP contribution in [0, 0.1) is 0 Å². The summed E-state index contributed by atoms with van der Waals surface area (Å²) in [4.78, 5) is 15.0. The minimum Gasteiger partial charge on any atom is -0.486 e. The highest BCUT2D eigenvalue weighted by Gasteiger charge is 2.26. The first-order chi connectivity index (χ1) is 12.8.